The summed E-state index contributed by atoms with van der Waals surface area (Å²) in [7, 11) is 1.36. The van der Waals surface area contributed by atoms with E-state index in [4.69, 9.17) is 16.3 Å². The quantitative estimate of drug-likeness (QED) is 0.616. The summed E-state index contributed by atoms with van der Waals surface area (Å²) < 4.78 is 5.05. The summed E-state index contributed by atoms with van der Waals surface area (Å²) in [4.78, 5) is 31.7. The summed E-state index contributed by atoms with van der Waals surface area (Å²) in [5, 5.41) is 6.26. The molecule has 1 N–H and O–H groups in total. The van der Waals surface area contributed by atoms with Crippen LogP contribution in [0.15, 0.2) is 51.6 Å². The van der Waals surface area contributed by atoms with Gasteiger partial charge < -0.3 is 15.0 Å². The predicted molar refractivity (Wildman–Crippen MR) is 121 cm³/mol. The Morgan fingerprint density at radius 1 is 1.30 bits per heavy atom. The highest BCUT2D eigenvalue weighted by Gasteiger charge is 2.40. The number of benzene rings is 1. The van der Waals surface area contributed by atoms with Crippen molar-refractivity contribution in [3.05, 3.63) is 57.2 Å². The number of carbonyl (C=O) groups excluding carboxylic acids is 2. The van der Waals surface area contributed by atoms with Gasteiger partial charge in [0.1, 0.15) is 0 Å². The fourth-order valence-electron chi connectivity index (χ4n) is 3.43. The van der Waals surface area contributed by atoms with Crippen LogP contribution in [0.25, 0.3) is 0 Å². The average Bonchev–Trinajstić information content (AvgIpc) is 3.08. The molecule has 30 heavy (non-hydrogen) atoms. The summed E-state index contributed by atoms with van der Waals surface area (Å²) >= 11 is 7.53. The molecule has 0 spiro atoms. The summed E-state index contributed by atoms with van der Waals surface area (Å²) in [6.45, 7) is 6.69. The van der Waals surface area contributed by atoms with E-state index in [2.05, 4.69) is 24.2 Å². The molecule has 0 fully saturated rings. The van der Waals surface area contributed by atoms with Gasteiger partial charge in [-0.3, -0.25) is 4.79 Å². The molecular formula is C22H26ClN3O3S. The Labute approximate surface area is 186 Å². The van der Waals surface area contributed by atoms with Crippen LogP contribution >= 0.6 is 23.4 Å². The number of nitrogens with zero attached hydrogens (tertiary/aromatic N) is 2. The number of carbonyl (C=O) groups is 2. The van der Waals surface area contributed by atoms with E-state index in [1.165, 1.54) is 18.9 Å². The molecule has 1 aromatic carbocycles. The van der Waals surface area contributed by atoms with Crippen LogP contribution in [0.5, 0.6) is 0 Å². The summed E-state index contributed by atoms with van der Waals surface area (Å²) in [6, 6.07) is 6.91. The minimum absolute atomic E-state index is 0.0514. The van der Waals surface area contributed by atoms with Crippen LogP contribution in [0, 0.1) is 5.92 Å². The Bertz CT molecular complexity index is 922. The summed E-state index contributed by atoms with van der Waals surface area (Å²) in [6.07, 6.45) is 1.14. The number of allylic oxidation sites excluding steroid dienone is 1. The van der Waals surface area contributed by atoms with E-state index in [0.29, 0.717) is 28.8 Å². The van der Waals surface area contributed by atoms with Crippen LogP contribution < -0.4 is 5.32 Å². The van der Waals surface area contributed by atoms with Gasteiger partial charge in [0, 0.05) is 17.3 Å². The molecule has 3 rings (SSSR count). The molecule has 1 amide bonds. The molecule has 6 nitrogen and oxygen atoms in total. The number of hydrogen-bond acceptors (Lipinski definition) is 6. The maximum absolute atomic E-state index is 12.6. The second kappa shape index (κ2) is 9.71. The zero-order valence-corrected chi connectivity index (χ0v) is 19.1. The first kappa shape index (κ1) is 22.4. The molecule has 8 heteroatoms. The molecule has 0 saturated carbocycles. The van der Waals surface area contributed by atoms with Gasteiger partial charge in [0.05, 0.1) is 30.8 Å². The molecule has 1 atom stereocenters. The second-order valence-electron chi connectivity index (χ2n) is 7.65. The van der Waals surface area contributed by atoms with Crippen LogP contribution in [0.2, 0.25) is 5.02 Å². The van der Waals surface area contributed by atoms with Crippen LogP contribution in [-0.2, 0) is 14.3 Å². The lowest BCUT2D eigenvalue weighted by Gasteiger charge is -2.36. The first-order valence-corrected chi connectivity index (χ1v) is 11.1. The van der Waals surface area contributed by atoms with E-state index in [9.17, 15) is 9.59 Å². The molecule has 2 aliphatic rings. The molecule has 0 aliphatic carbocycles. The van der Waals surface area contributed by atoms with Crippen molar-refractivity contribution < 1.29 is 14.3 Å². The number of thioether (sulfide) groups is 1. The molecule has 2 heterocycles. The van der Waals surface area contributed by atoms with E-state index in [1.807, 2.05) is 22.4 Å². The largest absolute Gasteiger partial charge is 0.466 e. The van der Waals surface area contributed by atoms with Gasteiger partial charge in [-0.15, -0.1) is 0 Å². The van der Waals surface area contributed by atoms with E-state index in [0.717, 1.165) is 22.8 Å². The lowest BCUT2D eigenvalue weighted by molar-refractivity contribution is -0.136. The van der Waals surface area contributed by atoms with Crippen LogP contribution in [0.4, 0.5) is 0 Å². The Balaban J connectivity index is 1.90. The maximum Gasteiger partial charge on any atom is 0.338 e. The van der Waals surface area contributed by atoms with E-state index < -0.39 is 12.0 Å². The van der Waals surface area contributed by atoms with Crippen molar-refractivity contribution in [1.29, 1.82) is 0 Å². The number of ether oxygens (including phenoxy) is 1. The van der Waals surface area contributed by atoms with Crippen molar-refractivity contribution in [2.24, 2.45) is 10.9 Å². The molecule has 0 saturated heterocycles. The minimum atomic E-state index is -0.438. The number of fused-ring (bicyclic) bond motifs is 1. The number of amides is 1. The third-order valence-corrected chi connectivity index (χ3v) is 6.12. The molecule has 0 bridgehead atoms. The minimum Gasteiger partial charge on any atom is -0.466 e. The number of rotatable bonds is 7. The Morgan fingerprint density at radius 3 is 2.63 bits per heavy atom. The summed E-state index contributed by atoms with van der Waals surface area (Å²) in [5.41, 5.74) is 2.74. The highest BCUT2D eigenvalue weighted by Crippen LogP contribution is 2.44. The SMILES string of the molecule is COC(=O)C1=C(C)N=C2SC=C(CC(=O)NCCC(C)C)N2C1c1ccc(Cl)cc1. The number of aliphatic imine (C=N–C) groups is 1. The van der Waals surface area contributed by atoms with Crippen molar-refractivity contribution in [2.75, 3.05) is 13.7 Å². The lowest BCUT2D eigenvalue weighted by Crippen LogP contribution is -2.38. The third kappa shape index (κ3) is 4.90. The number of methoxy groups -OCH3 is 1. The number of halogens is 1. The molecule has 0 radical (unpaired) electrons. The smallest absolute Gasteiger partial charge is 0.338 e. The highest BCUT2D eigenvalue weighted by molar-refractivity contribution is 8.16. The molecular weight excluding hydrogens is 422 g/mol. The van der Waals surface area contributed by atoms with Crippen LogP contribution in [-0.4, -0.2) is 35.6 Å². The molecule has 160 valence electrons. The highest BCUT2D eigenvalue weighted by atomic mass is 35.5. The third-order valence-electron chi connectivity index (χ3n) is 4.98. The second-order valence-corrected chi connectivity index (χ2v) is 8.92. The van der Waals surface area contributed by atoms with E-state index in [-0.39, 0.29) is 12.3 Å². The fraction of sp³-hybridized carbons (Fsp3) is 0.409. The first-order valence-electron chi connectivity index (χ1n) is 9.86. The fourth-order valence-corrected chi connectivity index (χ4v) is 4.52. The Kier molecular flexibility index (Phi) is 7.26. The predicted octanol–water partition coefficient (Wildman–Crippen LogP) is 4.64. The number of esters is 1. The van der Waals surface area contributed by atoms with Gasteiger partial charge in [0.25, 0.3) is 0 Å². The number of amidine groups is 1. The first-order chi connectivity index (χ1) is 14.3. The average molecular weight is 448 g/mol. The topological polar surface area (TPSA) is 71.0 Å². The molecule has 2 aliphatic heterocycles. The number of nitrogens with one attached hydrogen (secondary N) is 1. The Morgan fingerprint density at radius 2 is 2.00 bits per heavy atom. The van der Waals surface area contributed by atoms with E-state index in [1.54, 1.807) is 19.1 Å². The van der Waals surface area contributed by atoms with Crippen molar-refractivity contribution in [3.63, 3.8) is 0 Å². The zero-order valence-electron chi connectivity index (χ0n) is 17.6. The monoisotopic (exact) mass is 447 g/mol. The Hall–Kier alpha value is -2.25. The number of hydrogen-bond donors (Lipinski definition) is 1. The van der Waals surface area contributed by atoms with Crippen molar-refractivity contribution in [3.8, 4) is 0 Å². The zero-order chi connectivity index (χ0) is 21.8. The summed E-state index contributed by atoms with van der Waals surface area (Å²) in [5.74, 6) is 0.0368. The van der Waals surface area contributed by atoms with Gasteiger partial charge in [-0.1, -0.05) is 49.3 Å². The van der Waals surface area contributed by atoms with Crippen LogP contribution in [0.3, 0.4) is 0 Å². The van der Waals surface area contributed by atoms with Crippen molar-refractivity contribution in [1.82, 2.24) is 10.2 Å². The molecule has 1 unspecified atom stereocenters. The van der Waals surface area contributed by atoms with Crippen molar-refractivity contribution in [2.45, 2.75) is 39.7 Å². The van der Waals surface area contributed by atoms with Crippen LogP contribution in [0.1, 0.15) is 45.2 Å². The standard InChI is InChI=1S/C22H26ClN3O3S/c1-13(2)9-10-24-18(27)11-17-12-30-22-25-14(3)19(21(28)29-4)20(26(17)22)15-5-7-16(23)8-6-15/h5-8,12-13,20H,9-11H2,1-4H3,(H,24,27). The van der Waals surface area contributed by atoms with Gasteiger partial charge in [-0.25, -0.2) is 9.79 Å². The van der Waals surface area contributed by atoms with Crippen molar-refractivity contribution >= 4 is 40.4 Å². The van der Waals surface area contributed by atoms with Gasteiger partial charge >= 0.3 is 5.97 Å². The molecule has 0 aromatic heterocycles. The molecule has 1 aromatic rings. The normalized spacial score (nSPS) is 18.2. The maximum atomic E-state index is 12.6. The van der Waals surface area contributed by atoms with Gasteiger partial charge in [0.2, 0.25) is 5.91 Å². The van der Waals surface area contributed by atoms with E-state index >= 15 is 0 Å². The van der Waals surface area contributed by atoms with Gasteiger partial charge in [-0.05, 0) is 42.4 Å². The van der Waals surface area contributed by atoms with Gasteiger partial charge in [0.15, 0.2) is 5.17 Å². The van der Waals surface area contributed by atoms with Gasteiger partial charge in [-0.2, -0.15) is 0 Å². The lowest BCUT2D eigenvalue weighted by atomic mass is 9.94.